The molecule has 2 aliphatic heterocycles. The first-order valence-corrected chi connectivity index (χ1v) is 12.4. The number of allylic oxidation sites excluding steroid dienone is 1. The second-order valence-electron chi connectivity index (χ2n) is 8.23. The Kier molecular flexibility index (Phi) is 6.64. The lowest BCUT2D eigenvalue weighted by Gasteiger charge is -2.48. The first kappa shape index (κ1) is 22.9. The number of carbonyl (C=O) groups is 2. The molecule has 0 bridgehead atoms. The first-order valence-electron chi connectivity index (χ1n) is 11.4. The molecule has 5 nitrogen and oxygen atoms in total. The van der Waals surface area contributed by atoms with Crippen LogP contribution in [0.5, 0.6) is 0 Å². The molecule has 3 aromatic rings. The highest BCUT2D eigenvalue weighted by Gasteiger charge is 2.53. The number of benzene rings is 3. The monoisotopic (exact) mass is 480 g/mol. The van der Waals surface area contributed by atoms with E-state index in [1.807, 2.05) is 91.0 Å². The lowest BCUT2D eigenvalue weighted by atomic mass is 10.0. The molecule has 174 valence electrons. The summed E-state index contributed by atoms with van der Waals surface area (Å²) in [5.41, 5.74) is 3.59. The van der Waals surface area contributed by atoms with E-state index in [1.165, 1.54) is 4.90 Å². The fraction of sp³-hybridized carbons (Fsp3) is 0.138. The lowest BCUT2D eigenvalue weighted by molar-refractivity contribution is -0.152. The Labute approximate surface area is 208 Å². The Morgan fingerprint density at radius 2 is 1.54 bits per heavy atom. The van der Waals surface area contributed by atoms with Gasteiger partial charge in [-0.05, 0) is 22.3 Å². The highest BCUT2D eigenvalue weighted by atomic mass is 32.2. The standard InChI is InChI=1S/C29H24N2O3S/c1-2-21-19-35-28-24(30-18-20-12-6-3-7-13-20)27(32)31(28)25(21)29(33)34-26(22-14-8-4-9-15-22)23-16-10-5-11-17-23/h2-18,24,26,28H,1,19H2/t24?,28-/m1/s1. The molecule has 35 heavy (non-hydrogen) atoms. The lowest BCUT2D eigenvalue weighted by Crippen LogP contribution is -2.64. The van der Waals surface area contributed by atoms with E-state index < -0.39 is 18.1 Å². The van der Waals surface area contributed by atoms with Crippen LogP contribution >= 0.6 is 11.8 Å². The molecule has 0 saturated carbocycles. The number of esters is 1. The Balaban J connectivity index is 1.41. The van der Waals surface area contributed by atoms with Crippen LogP contribution in [0.15, 0.2) is 120 Å². The van der Waals surface area contributed by atoms with Gasteiger partial charge in [0.05, 0.1) is 0 Å². The van der Waals surface area contributed by atoms with Crippen LogP contribution in [0.4, 0.5) is 0 Å². The molecule has 0 aromatic heterocycles. The molecule has 0 aliphatic carbocycles. The molecule has 2 atom stereocenters. The summed E-state index contributed by atoms with van der Waals surface area (Å²) in [6.45, 7) is 3.87. The van der Waals surface area contributed by atoms with Crippen molar-refractivity contribution in [3.8, 4) is 0 Å². The highest BCUT2D eigenvalue weighted by Crippen LogP contribution is 2.43. The van der Waals surface area contributed by atoms with E-state index >= 15 is 0 Å². The van der Waals surface area contributed by atoms with E-state index in [4.69, 9.17) is 4.74 Å². The average Bonchev–Trinajstić information content (AvgIpc) is 2.92. The summed E-state index contributed by atoms with van der Waals surface area (Å²) in [5.74, 6) is -0.195. The van der Waals surface area contributed by atoms with Crippen LogP contribution in [-0.4, -0.2) is 40.2 Å². The third-order valence-corrected chi connectivity index (χ3v) is 7.31. The minimum absolute atomic E-state index is 0.211. The number of rotatable bonds is 7. The Morgan fingerprint density at radius 3 is 2.11 bits per heavy atom. The number of aliphatic imine (C=N–C) groups is 1. The van der Waals surface area contributed by atoms with Crippen LogP contribution in [-0.2, 0) is 14.3 Å². The number of β-lactam (4-membered cyclic amide) rings is 1. The number of ether oxygens (including phenoxy) is 1. The molecule has 1 fully saturated rings. The number of nitrogens with zero attached hydrogens (tertiary/aromatic N) is 2. The summed E-state index contributed by atoms with van der Waals surface area (Å²) >= 11 is 1.58. The highest BCUT2D eigenvalue weighted by molar-refractivity contribution is 8.00. The maximum atomic E-state index is 13.6. The number of fused-ring (bicyclic) bond motifs is 1. The summed E-state index contributed by atoms with van der Waals surface area (Å²) in [6.07, 6.45) is 2.75. The van der Waals surface area contributed by atoms with Gasteiger partial charge in [-0.3, -0.25) is 14.7 Å². The molecule has 1 saturated heterocycles. The molecular weight excluding hydrogens is 456 g/mol. The Bertz CT molecular complexity index is 1250. The van der Waals surface area contributed by atoms with Gasteiger partial charge in [0, 0.05) is 12.0 Å². The molecule has 2 heterocycles. The molecule has 0 N–H and O–H groups in total. The van der Waals surface area contributed by atoms with Gasteiger partial charge in [0.1, 0.15) is 11.1 Å². The molecular formula is C29H24N2O3S. The van der Waals surface area contributed by atoms with Crippen LogP contribution < -0.4 is 0 Å². The maximum Gasteiger partial charge on any atom is 0.356 e. The van der Waals surface area contributed by atoms with Gasteiger partial charge >= 0.3 is 5.97 Å². The van der Waals surface area contributed by atoms with Crippen molar-refractivity contribution in [3.63, 3.8) is 0 Å². The summed E-state index contributed by atoms with van der Waals surface area (Å²) in [5, 5.41) is -0.249. The number of hydrogen-bond acceptors (Lipinski definition) is 5. The van der Waals surface area contributed by atoms with E-state index in [0.717, 1.165) is 16.7 Å². The maximum absolute atomic E-state index is 13.6. The molecule has 2 aliphatic rings. The summed E-state index contributed by atoms with van der Waals surface area (Å²) < 4.78 is 6.07. The van der Waals surface area contributed by atoms with Gasteiger partial charge in [-0.2, -0.15) is 0 Å². The van der Waals surface area contributed by atoms with Crippen molar-refractivity contribution < 1.29 is 14.3 Å². The van der Waals surface area contributed by atoms with Crippen molar-refractivity contribution in [1.29, 1.82) is 0 Å². The van der Waals surface area contributed by atoms with Gasteiger partial charge in [0.25, 0.3) is 5.91 Å². The Hall–Kier alpha value is -3.90. The Morgan fingerprint density at radius 1 is 0.971 bits per heavy atom. The third kappa shape index (κ3) is 4.57. The minimum Gasteiger partial charge on any atom is -0.448 e. The number of thioether (sulfide) groups is 1. The van der Waals surface area contributed by atoms with Crippen molar-refractivity contribution in [2.75, 3.05) is 5.75 Å². The summed E-state index contributed by atoms with van der Waals surface area (Å²) in [4.78, 5) is 32.8. The second kappa shape index (κ2) is 10.2. The van der Waals surface area contributed by atoms with Crippen molar-refractivity contribution in [2.45, 2.75) is 17.5 Å². The van der Waals surface area contributed by atoms with Gasteiger partial charge in [0.15, 0.2) is 12.1 Å². The van der Waals surface area contributed by atoms with E-state index in [2.05, 4.69) is 11.6 Å². The average molecular weight is 481 g/mol. The van der Waals surface area contributed by atoms with Crippen LogP contribution in [0.25, 0.3) is 0 Å². The summed E-state index contributed by atoms with van der Waals surface area (Å²) in [6, 6.07) is 28.3. The van der Waals surface area contributed by atoms with Gasteiger partial charge in [-0.25, -0.2) is 4.79 Å². The van der Waals surface area contributed by atoms with Crippen LogP contribution in [0, 0.1) is 0 Å². The predicted octanol–water partition coefficient (Wildman–Crippen LogP) is 5.16. The number of amides is 1. The van der Waals surface area contributed by atoms with Gasteiger partial charge < -0.3 is 4.74 Å². The first-order chi connectivity index (χ1) is 17.2. The van der Waals surface area contributed by atoms with E-state index in [-0.39, 0.29) is 17.0 Å². The van der Waals surface area contributed by atoms with Crippen LogP contribution in [0.3, 0.4) is 0 Å². The van der Waals surface area contributed by atoms with Gasteiger partial charge in [-0.15, -0.1) is 11.8 Å². The number of hydrogen-bond donors (Lipinski definition) is 0. The van der Waals surface area contributed by atoms with Crippen molar-refractivity contribution in [3.05, 3.63) is 132 Å². The second-order valence-corrected chi connectivity index (χ2v) is 9.33. The van der Waals surface area contributed by atoms with E-state index in [1.54, 1.807) is 24.1 Å². The molecule has 0 spiro atoms. The molecule has 6 heteroatoms. The van der Waals surface area contributed by atoms with Crippen molar-refractivity contribution >= 4 is 29.9 Å². The SMILES string of the molecule is C=CC1=C(C(=O)OC(c2ccccc2)c2ccccc2)N2C(=O)C(N=Cc3ccccc3)[C@H]2SC1. The zero-order valence-electron chi connectivity index (χ0n) is 19.0. The summed E-state index contributed by atoms with van der Waals surface area (Å²) in [7, 11) is 0. The fourth-order valence-corrected chi connectivity index (χ4v) is 5.56. The van der Waals surface area contributed by atoms with E-state index in [9.17, 15) is 9.59 Å². The quantitative estimate of drug-likeness (QED) is 0.266. The molecule has 3 aromatic carbocycles. The van der Waals surface area contributed by atoms with Gasteiger partial charge in [-0.1, -0.05) is 104 Å². The zero-order chi connectivity index (χ0) is 24.2. The zero-order valence-corrected chi connectivity index (χ0v) is 19.8. The van der Waals surface area contributed by atoms with E-state index in [0.29, 0.717) is 11.3 Å². The van der Waals surface area contributed by atoms with Gasteiger partial charge in [0.2, 0.25) is 0 Å². The third-order valence-electron chi connectivity index (χ3n) is 6.02. The number of carbonyl (C=O) groups excluding carboxylic acids is 2. The molecule has 0 radical (unpaired) electrons. The molecule has 5 rings (SSSR count). The predicted molar refractivity (Wildman–Crippen MR) is 139 cm³/mol. The normalized spacial score (nSPS) is 19.5. The van der Waals surface area contributed by atoms with Crippen LogP contribution in [0.2, 0.25) is 0 Å². The topological polar surface area (TPSA) is 59.0 Å². The fourth-order valence-electron chi connectivity index (χ4n) is 4.23. The molecule has 1 unspecified atom stereocenters. The van der Waals surface area contributed by atoms with Crippen molar-refractivity contribution in [1.82, 2.24) is 4.90 Å². The largest absolute Gasteiger partial charge is 0.448 e. The minimum atomic E-state index is -0.597. The van der Waals surface area contributed by atoms with Crippen LogP contribution in [0.1, 0.15) is 22.8 Å². The molecule has 1 amide bonds. The van der Waals surface area contributed by atoms with Crippen molar-refractivity contribution in [2.24, 2.45) is 4.99 Å². The smallest absolute Gasteiger partial charge is 0.356 e.